The predicted molar refractivity (Wildman–Crippen MR) is 109 cm³/mol. The van der Waals surface area contributed by atoms with Crippen LogP contribution in [0.25, 0.3) is 6.08 Å². The maximum absolute atomic E-state index is 12.3. The standard InChI is InChI=1S/C15H13ClN4O7S3/c1-26-11-6-8(5-10(16)12(11)27-30(3,24)25)4-9(7-17)13(21)18-14-19-20-15(28-14)29(2,22)23/h4-6H,1-3H3,(H,18,19,21)/b9-4-. The Labute approximate surface area is 180 Å². The van der Waals surface area contributed by atoms with Crippen molar-refractivity contribution < 1.29 is 30.6 Å². The van der Waals surface area contributed by atoms with Crippen molar-refractivity contribution in [3.8, 4) is 17.6 Å². The molecule has 1 amide bonds. The fourth-order valence-corrected chi connectivity index (χ4v) is 4.23. The molecule has 1 aromatic carbocycles. The van der Waals surface area contributed by atoms with Crippen molar-refractivity contribution in [3.05, 3.63) is 28.3 Å². The molecule has 0 saturated heterocycles. The molecule has 0 aliphatic carbocycles. The van der Waals surface area contributed by atoms with Gasteiger partial charge in [-0.1, -0.05) is 22.9 Å². The lowest BCUT2D eigenvalue weighted by molar-refractivity contribution is -0.112. The maximum atomic E-state index is 12.3. The fourth-order valence-electron chi connectivity index (χ4n) is 1.95. The number of benzene rings is 1. The lowest BCUT2D eigenvalue weighted by Gasteiger charge is -2.11. The predicted octanol–water partition coefficient (Wildman–Crippen LogP) is 1.49. The van der Waals surface area contributed by atoms with Crippen LogP contribution < -0.4 is 14.2 Å². The van der Waals surface area contributed by atoms with E-state index in [2.05, 4.69) is 15.5 Å². The third-order valence-electron chi connectivity index (χ3n) is 3.11. The molecule has 1 N–H and O–H groups in total. The van der Waals surface area contributed by atoms with E-state index in [1.54, 1.807) is 6.07 Å². The highest BCUT2D eigenvalue weighted by Gasteiger charge is 2.19. The molecule has 2 rings (SSSR count). The minimum atomic E-state index is -3.88. The second-order valence-electron chi connectivity index (χ2n) is 5.59. The van der Waals surface area contributed by atoms with Crippen molar-refractivity contribution in [3.63, 3.8) is 0 Å². The summed E-state index contributed by atoms with van der Waals surface area (Å²) in [6.45, 7) is 0. The van der Waals surface area contributed by atoms with Gasteiger partial charge in [0.25, 0.3) is 5.91 Å². The van der Waals surface area contributed by atoms with Crippen LogP contribution in [0.3, 0.4) is 0 Å². The number of amides is 1. The van der Waals surface area contributed by atoms with Gasteiger partial charge in [-0.05, 0) is 23.8 Å². The molecule has 2 aromatic rings. The second-order valence-corrected chi connectivity index (χ2v) is 10.7. The van der Waals surface area contributed by atoms with Gasteiger partial charge in [0.15, 0.2) is 5.75 Å². The molecular weight excluding hydrogens is 480 g/mol. The number of halogens is 1. The molecule has 15 heteroatoms. The van der Waals surface area contributed by atoms with E-state index in [0.717, 1.165) is 18.6 Å². The number of methoxy groups -OCH3 is 1. The molecule has 0 spiro atoms. The summed E-state index contributed by atoms with van der Waals surface area (Å²) in [5, 5.41) is 18.3. The third-order valence-corrected chi connectivity index (χ3v) is 6.36. The molecule has 0 aliphatic rings. The minimum absolute atomic E-state index is 0.0428. The summed E-state index contributed by atoms with van der Waals surface area (Å²) in [6.07, 6.45) is 2.93. The van der Waals surface area contributed by atoms with Crippen LogP contribution in [0, 0.1) is 11.3 Å². The van der Waals surface area contributed by atoms with Crippen LogP contribution in [0.4, 0.5) is 5.13 Å². The first-order chi connectivity index (χ1) is 13.8. The van der Waals surface area contributed by atoms with Gasteiger partial charge in [-0.2, -0.15) is 13.7 Å². The van der Waals surface area contributed by atoms with Gasteiger partial charge in [-0.15, -0.1) is 10.2 Å². The summed E-state index contributed by atoms with van der Waals surface area (Å²) >= 11 is 6.67. The summed E-state index contributed by atoms with van der Waals surface area (Å²) in [7, 11) is -6.22. The Hall–Kier alpha value is -2.73. The number of hydrogen-bond donors (Lipinski definition) is 1. The lowest BCUT2D eigenvalue weighted by Crippen LogP contribution is -2.13. The number of nitriles is 1. The normalized spacial score (nSPS) is 12.2. The number of sulfone groups is 1. The fraction of sp³-hybridized carbons (Fsp3) is 0.200. The summed E-state index contributed by atoms with van der Waals surface area (Å²) in [4.78, 5) is 12.3. The highest BCUT2D eigenvalue weighted by Crippen LogP contribution is 2.37. The number of ether oxygens (including phenoxy) is 1. The molecule has 160 valence electrons. The molecule has 0 atom stereocenters. The molecule has 11 nitrogen and oxygen atoms in total. The molecule has 1 aromatic heterocycles. The number of carbonyl (C=O) groups is 1. The average Bonchev–Trinajstić information content (AvgIpc) is 3.09. The molecule has 1 heterocycles. The van der Waals surface area contributed by atoms with Crippen molar-refractivity contribution in [1.82, 2.24) is 10.2 Å². The van der Waals surface area contributed by atoms with Crippen LogP contribution >= 0.6 is 22.9 Å². The van der Waals surface area contributed by atoms with Gasteiger partial charge in [0.05, 0.1) is 18.4 Å². The van der Waals surface area contributed by atoms with Crippen molar-refractivity contribution in [2.24, 2.45) is 0 Å². The number of anilines is 1. The molecule has 0 saturated carbocycles. The van der Waals surface area contributed by atoms with Gasteiger partial charge in [-0.3, -0.25) is 10.1 Å². The largest absolute Gasteiger partial charge is 0.493 e. The Morgan fingerprint density at radius 1 is 1.27 bits per heavy atom. The SMILES string of the molecule is COc1cc(/C=C(/C#N)C(=O)Nc2nnc(S(C)(=O)=O)s2)cc(Cl)c1OS(C)(=O)=O. The molecule has 0 fully saturated rings. The molecule has 0 aliphatic heterocycles. The highest BCUT2D eigenvalue weighted by atomic mass is 35.5. The van der Waals surface area contributed by atoms with E-state index >= 15 is 0 Å². The van der Waals surface area contributed by atoms with Gasteiger partial charge in [0, 0.05) is 6.26 Å². The van der Waals surface area contributed by atoms with Gasteiger partial charge < -0.3 is 8.92 Å². The molecule has 0 bridgehead atoms. The summed E-state index contributed by atoms with van der Waals surface area (Å²) < 4.78 is 55.1. The lowest BCUT2D eigenvalue weighted by atomic mass is 10.1. The first-order valence-electron chi connectivity index (χ1n) is 7.57. The van der Waals surface area contributed by atoms with Crippen LogP contribution in [0.1, 0.15) is 5.56 Å². The summed E-state index contributed by atoms with van der Waals surface area (Å²) in [5.41, 5.74) is -0.139. The van der Waals surface area contributed by atoms with E-state index in [0.29, 0.717) is 11.3 Å². The van der Waals surface area contributed by atoms with Crippen molar-refractivity contribution in [2.75, 3.05) is 24.9 Å². The Balaban J connectivity index is 2.35. The third kappa shape index (κ3) is 6.13. The van der Waals surface area contributed by atoms with E-state index in [1.807, 2.05) is 0 Å². The van der Waals surface area contributed by atoms with E-state index in [4.69, 9.17) is 20.5 Å². The van der Waals surface area contributed by atoms with Crippen LogP contribution in [0.15, 0.2) is 22.0 Å². The first kappa shape index (κ1) is 23.5. The van der Waals surface area contributed by atoms with Gasteiger partial charge in [-0.25, -0.2) is 8.42 Å². The number of hydrogen-bond acceptors (Lipinski definition) is 11. The maximum Gasteiger partial charge on any atom is 0.306 e. The Morgan fingerprint density at radius 2 is 1.93 bits per heavy atom. The average molecular weight is 493 g/mol. The number of aromatic nitrogens is 2. The molecule has 30 heavy (non-hydrogen) atoms. The topological polar surface area (TPSA) is 165 Å². The number of rotatable bonds is 7. The van der Waals surface area contributed by atoms with Crippen LogP contribution in [0.2, 0.25) is 5.02 Å². The minimum Gasteiger partial charge on any atom is -0.493 e. The number of carbonyl (C=O) groups excluding carboxylic acids is 1. The highest BCUT2D eigenvalue weighted by molar-refractivity contribution is 7.92. The Kier molecular flexibility index (Phi) is 7.03. The summed E-state index contributed by atoms with van der Waals surface area (Å²) in [5.74, 6) is -1.16. The van der Waals surface area contributed by atoms with Gasteiger partial charge >= 0.3 is 10.1 Å². The summed E-state index contributed by atoms with van der Waals surface area (Å²) in [6, 6.07) is 4.27. The quantitative estimate of drug-likeness (QED) is 0.259. The zero-order valence-corrected chi connectivity index (χ0v) is 18.7. The second kappa shape index (κ2) is 8.96. The zero-order valence-electron chi connectivity index (χ0n) is 15.5. The molecule has 0 radical (unpaired) electrons. The van der Waals surface area contributed by atoms with Crippen LogP contribution in [0.5, 0.6) is 11.5 Å². The van der Waals surface area contributed by atoms with Crippen molar-refractivity contribution in [2.45, 2.75) is 4.34 Å². The van der Waals surface area contributed by atoms with Crippen molar-refractivity contribution >= 4 is 60.0 Å². The van der Waals surface area contributed by atoms with Crippen LogP contribution in [-0.2, 0) is 24.7 Å². The van der Waals surface area contributed by atoms with Gasteiger partial charge in [0.1, 0.15) is 11.6 Å². The van der Waals surface area contributed by atoms with Crippen LogP contribution in [-0.4, -0.2) is 52.6 Å². The smallest absolute Gasteiger partial charge is 0.306 e. The van der Waals surface area contributed by atoms with E-state index in [9.17, 15) is 26.9 Å². The Morgan fingerprint density at radius 3 is 2.43 bits per heavy atom. The molecular formula is C15H13ClN4O7S3. The Bertz CT molecular complexity index is 1280. The monoisotopic (exact) mass is 492 g/mol. The number of nitrogens with one attached hydrogen (secondary N) is 1. The van der Waals surface area contributed by atoms with Crippen molar-refractivity contribution in [1.29, 1.82) is 5.26 Å². The van der Waals surface area contributed by atoms with E-state index in [1.165, 1.54) is 19.2 Å². The van der Waals surface area contributed by atoms with E-state index < -0.39 is 25.9 Å². The number of nitrogens with zero attached hydrogens (tertiary/aromatic N) is 3. The first-order valence-corrected chi connectivity index (χ1v) is 12.5. The van der Waals surface area contributed by atoms with Gasteiger partial charge in [0.2, 0.25) is 25.1 Å². The zero-order chi connectivity index (χ0) is 22.7. The molecule has 0 unspecified atom stereocenters. The van der Waals surface area contributed by atoms with E-state index in [-0.39, 0.29) is 37.1 Å².